The zero-order valence-electron chi connectivity index (χ0n) is 16.2. The molecule has 6 nitrogen and oxygen atoms in total. The fourth-order valence-corrected chi connectivity index (χ4v) is 3.57. The lowest BCUT2D eigenvalue weighted by Gasteiger charge is -2.16. The number of nitrogens with one attached hydrogen (secondary N) is 2. The summed E-state index contributed by atoms with van der Waals surface area (Å²) < 4.78 is 1.40. The van der Waals surface area contributed by atoms with Gasteiger partial charge in [-0.1, -0.05) is 36.4 Å². The van der Waals surface area contributed by atoms with Gasteiger partial charge < -0.3 is 14.9 Å². The average molecular weight is 387 g/mol. The Bertz CT molecular complexity index is 1350. The summed E-state index contributed by atoms with van der Waals surface area (Å²) in [6.45, 7) is 4.11. The SMILES string of the molecule is CCn1c(=O)c(=O)[nH]c2cc(C(=O)N[C@@H](C)c3ccc4ccccc4c3)ccc21. The van der Waals surface area contributed by atoms with Gasteiger partial charge in [0.2, 0.25) is 0 Å². The van der Waals surface area contributed by atoms with E-state index < -0.39 is 11.1 Å². The molecule has 1 atom stereocenters. The summed E-state index contributed by atoms with van der Waals surface area (Å²) in [4.78, 5) is 39.2. The van der Waals surface area contributed by atoms with Crippen molar-refractivity contribution in [3.63, 3.8) is 0 Å². The van der Waals surface area contributed by atoms with Gasteiger partial charge in [0.1, 0.15) is 0 Å². The largest absolute Gasteiger partial charge is 0.346 e. The smallest absolute Gasteiger partial charge is 0.316 e. The van der Waals surface area contributed by atoms with Gasteiger partial charge in [-0.3, -0.25) is 14.4 Å². The summed E-state index contributed by atoms with van der Waals surface area (Å²) in [5.41, 5.74) is 1.19. The van der Waals surface area contributed by atoms with Crippen molar-refractivity contribution in [1.29, 1.82) is 0 Å². The van der Waals surface area contributed by atoms with Crippen LogP contribution in [0.5, 0.6) is 0 Å². The molecule has 146 valence electrons. The van der Waals surface area contributed by atoms with Crippen molar-refractivity contribution in [2.24, 2.45) is 0 Å². The van der Waals surface area contributed by atoms with Gasteiger partial charge in [0, 0.05) is 12.1 Å². The second-order valence-electron chi connectivity index (χ2n) is 7.04. The Labute approximate surface area is 166 Å². The van der Waals surface area contributed by atoms with Gasteiger partial charge in [0.15, 0.2) is 0 Å². The average Bonchev–Trinajstić information content (AvgIpc) is 2.74. The molecule has 0 saturated carbocycles. The third-order valence-electron chi connectivity index (χ3n) is 5.17. The van der Waals surface area contributed by atoms with Crippen LogP contribution in [0, 0.1) is 0 Å². The fraction of sp³-hybridized carbons (Fsp3) is 0.174. The second-order valence-corrected chi connectivity index (χ2v) is 7.04. The van der Waals surface area contributed by atoms with Crippen LogP contribution in [0.4, 0.5) is 0 Å². The highest BCUT2D eigenvalue weighted by atomic mass is 16.2. The van der Waals surface area contributed by atoms with Gasteiger partial charge in [-0.25, -0.2) is 0 Å². The number of rotatable bonds is 4. The van der Waals surface area contributed by atoms with E-state index in [2.05, 4.69) is 16.4 Å². The Morgan fingerprint density at radius 3 is 2.55 bits per heavy atom. The lowest BCUT2D eigenvalue weighted by Crippen LogP contribution is -2.36. The monoisotopic (exact) mass is 387 g/mol. The Morgan fingerprint density at radius 1 is 1.03 bits per heavy atom. The molecule has 4 rings (SSSR count). The molecule has 2 N–H and O–H groups in total. The maximum absolute atomic E-state index is 12.8. The predicted octanol–water partition coefficient (Wildman–Crippen LogP) is 3.35. The number of amides is 1. The number of hydrogen-bond donors (Lipinski definition) is 2. The number of benzene rings is 3. The minimum absolute atomic E-state index is 0.188. The van der Waals surface area contributed by atoms with Gasteiger partial charge in [-0.05, 0) is 54.4 Å². The molecule has 1 amide bonds. The van der Waals surface area contributed by atoms with Crippen LogP contribution in [0.2, 0.25) is 0 Å². The molecule has 6 heteroatoms. The van der Waals surface area contributed by atoms with Crippen LogP contribution in [0.15, 0.2) is 70.3 Å². The summed E-state index contributed by atoms with van der Waals surface area (Å²) in [6.07, 6.45) is 0. The van der Waals surface area contributed by atoms with Crippen LogP contribution < -0.4 is 16.4 Å². The molecule has 0 fully saturated rings. The van der Waals surface area contributed by atoms with Gasteiger partial charge in [0.05, 0.1) is 17.1 Å². The summed E-state index contributed by atoms with van der Waals surface area (Å²) >= 11 is 0. The van der Waals surface area contributed by atoms with E-state index in [-0.39, 0.29) is 11.9 Å². The minimum atomic E-state index is -0.693. The molecule has 29 heavy (non-hydrogen) atoms. The van der Waals surface area contributed by atoms with Crippen LogP contribution in [-0.4, -0.2) is 15.5 Å². The standard InChI is InChI=1S/C23H21N3O3/c1-3-26-20-11-10-18(13-19(20)25-22(28)23(26)29)21(27)24-14(2)16-9-8-15-6-4-5-7-17(15)12-16/h4-14H,3H2,1-2H3,(H,24,27)(H,25,28)/t14-/m0/s1. The lowest BCUT2D eigenvalue weighted by molar-refractivity contribution is 0.0940. The summed E-state index contributed by atoms with van der Waals surface area (Å²) in [7, 11) is 0. The van der Waals surface area contributed by atoms with Gasteiger partial charge in [-0.2, -0.15) is 0 Å². The molecule has 4 aromatic rings. The first-order chi connectivity index (χ1) is 14.0. The zero-order valence-corrected chi connectivity index (χ0v) is 16.2. The third kappa shape index (κ3) is 3.45. The van der Waals surface area contributed by atoms with Crippen LogP contribution >= 0.6 is 0 Å². The normalized spacial score (nSPS) is 12.2. The quantitative estimate of drug-likeness (QED) is 0.527. The van der Waals surface area contributed by atoms with Crippen molar-refractivity contribution < 1.29 is 4.79 Å². The number of H-pyrrole nitrogens is 1. The number of carbonyl (C=O) groups excluding carboxylic acids is 1. The van der Waals surface area contributed by atoms with Crippen molar-refractivity contribution in [3.8, 4) is 0 Å². The van der Waals surface area contributed by atoms with E-state index in [1.807, 2.05) is 43.3 Å². The second kappa shape index (κ2) is 7.39. The van der Waals surface area contributed by atoms with Crippen LogP contribution in [0.25, 0.3) is 21.8 Å². The molecule has 0 unspecified atom stereocenters. The Morgan fingerprint density at radius 2 is 1.79 bits per heavy atom. The van der Waals surface area contributed by atoms with Crippen molar-refractivity contribution in [2.75, 3.05) is 0 Å². The Kier molecular flexibility index (Phi) is 4.76. The molecule has 1 aromatic heterocycles. The van der Waals surface area contributed by atoms with E-state index >= 15 is 0 Å². The number of aromatic amines is 1. The molecule has 0 bridgehead atoms. The highest BCUT2D eigenvalue weighted by molar-refractivity contribution is 5.97. The van der Waals surface area contributed by atoms with E-state index in [1.54, 1.807) is 25.1 Å². The molecule has 0 radical (unpaired) electrons. The van der Waals surface area contributed by atoms with Crippen LogP contribution in [0.3, 0.4) is 0 Å². The summed E-state index contributed by atoms with van der Waals surface area (Å²) in [5.74, 6) is -0.248. The van der Waals surface area contributed by atoms with E-state index in [0.717, 1.165) is 16.3 Å². The summed E-state index contributed by atoms with van der Waals surface area (Å²) in [6, 6.07) is 18.9. The number of nitrogens with zero attached hydrogens (tertiary/aromatic N) is 1. The van der Waals surface area contributed by atoms with Crippen molar-refractivity contribution >= 4 is 27.7 Å². The third-order valence-corrected chi connectivity index (χ3v) is 5.17. The van der Waals surface area contributed by atoms with Crippen LogP contribution in [-0.2, 0) is 6.54 Å². The van der Waals surface area contributed by atoms with Gasteiger partial charge >= 0.3 is 11.1 Å². The first-order valence-electron chi connectivity index (χ1n) is 9.54. The molecule has 0 spiro atoms. The van der Waals surface area contributed by atoms with E-state index in [1.165, 1.54) is 4.57 Å². The molecular formula is C23H21N3O3. The Balaban J connectivity index is 1.63. The summed E-state index contributed by atoms with van der Waals surface area (Å²) in [5, 5.41) is 5.26. The van der Waals surface area contributed by atoms with Gasteiger partial charge in [-0.15, -0.1) is 0 Å². The van der Waals surface area contributed by atoms with Crippen molar-refractivity contribution in [3.05, 3.63) is 92.5 Å². The van der Waals surface area contributed by atoms with E-state index in [4.69, 9.17) is 0 Å². The Hall–Kier alpha value is -3.67. The molecule has 3 aromatic carbocycles. The highest BCUT2D eigenvalue weighted by Gasteiger charge is 2.14. The molecule has 0 saturated heterocycles. The number of carbonyl (C=O) groups is 1. The molecule has 0 aliphatic heterocycles. The van der Waals surface area contributed by atoms with E-state index in [9.17, 15) is 14.4 Å². The number of hydrogen-bond acceptors (Lipinski definition) is 3. The molecule has 0 aliphatic carbocycles. The fourth-order valence-electron chi connectivity index (χ4n) is 3.57. The van der Waals surface area contributed by atoms with E-state index in [0.29, 0.717) is 23.1 Å². The van der Waals surface area contributed by atoms with Crippen LogP contribution in [0.1, 0.15) is 35.8 Å². The molecular weight excluding hydrogens is 366 g/mol. The molecule has 0 aliphatic rings. The maximum Gasteiger partial charge on any atom is 0.316 e. The zero-order chi connectivity index (χ0) is 20.5. The van der Waals surface area contributed by atoms with Crippen molar-refractivity contribution in [1.82, 2.24) is 14.9 Å². The number of fused-ring (bicyclic) bond motifs is 2. The first kappa shape index (κ1) is 18.7. The van der Waals surface area contributed by atoms with Gasteiger partial charge in [0.25, 0.3) is 5.91 Å². The highest BCUT2D eigenvalue weighted by Crippen LogP contribution is 2.21. The predicted molar refractivity (Wildman–Crippen MR) is 114 cm³/mol. The minimum Gasteiger partial charge on any atom is -0.346 e. The lowest BCUT2D eigenvalue weighted by atomic mass is 10.0. The molecule has 1 heterocycles. The number of aromatic nitrogens is 2. The number of aryl methyl sites for hydroxylation is 1. The topological polar surface area (TPSA) is 84.0 Å². The maximum atomic E-state index is 12.8. The first-order valence-corrected chi connectivity index (χ1v) is 9.54. The van der Waals surface area contributed by atoms with Crippen molar-refractivity contribution in [2.45, 2.75) is 26.4 Å².